The van der Waals surface area contributed by atoms with Gasteiger partial charge in [-0.2, -0.15) is 0 Å². The number of ketones is 1. The van der Waals surface area contributed by atoms with Gasteiger partial charge < -0.3 is 4.74 Å². The first-order chi connectivity index (χ1) is 11.2. The lowest BCUT2D eigenvalue weighted by Crippen LogP contribution is -2.39. The fraction of sp³-hybridized carbons (Fsp3) is 0.500. The summed E-state index contributed by atoms with van der Waals surface area (Å²) in [5, 5.41) is 0. The molecule has 0 unspecified atom stereocenters. The predicted molar refractivity (Wildman–Crippen MR) is 96.8 cm³/mol. The van der Waals surface area contributed by atoms with E-state index >= 15 is 0 Å². The standard InChI is InChI=1S/C20H29NO3/c1-16(2)10-9-13-18(22)15-21(19(23)24-20(3,4)5)14-17-11-7-6-8-12-17/h6-8,10-12H,9,13-15H2,1-5H3. The van der Waals surface area contributed by atoms with Crippen molar-refractivity contribution in [2.45, 2.75) is 59.6 Å². The van der Waals surface area contributed by atoms with E-state index in [0.29, 0.717) is 19.4 Å². The maximum Gasteiger partial charge on any atom is 0.410 e. The lowest BCUT2D eigenvalue weighted by Gasteiger charge is -2.27. The minimum atomic E-state index is -0.586. The summed E-state index contributed by atoms with van der Waals surface area (Å²) in [6, 6.07) is 9.63. The van der Waals surface area contributed by atoms with Crippen molar-refractivity contribution >= 4 is 11.9 Å². The number of carbonyl (C=O) groups is 2. The largest absolute Gasteiger partial charge is 0.444 e. The van der Waals surface area contributed by atoms with Crippen LogP contribution in [0.5, 0.6) is 0 Å². The Morgan fingerprint density at radius 1 is 1.12 bits per heavy atom. The van der Waals surface area contributed by atoms with Crippen molar-refractivity contribution in [3.8, 4) is 0 Å². The van der Waals surface area contributed by atoms with Crippen LogP contribution in [-0.2, 0) is 16.1 Å². The minimum absolute atomic E-state index is 0.0364. The molecule has 0 radical (unpaired) electrons. The van der Waals surface area contributed by atoms with Crippen LogP contribution < -0.4 is 0 Å². The number of allylic oxidation sites excluding steroid dienone is 2. The zero-order valence-electron chi connectivity index (χ0n) is 15.5. The molecular weight excluding hydrogens is 302 g/mol. The highest BCUT2D eigenvalue weighted by Gasteiger charge is 2.23. The van der Waals surface area contributed by atoms with Gasteiger partial charge in [0.05, 0.1) is 6.54 Å². The third kappa shape index (κ3) is 8.51. The van der Waals surface area contributed by atoms with Crippen LogP contribution in [0.15, 0.2) is 42.0 Å². The number of nitrogens with zero attached hydrogens (tertiary/aromatic N) is 1. The molecular formula is C20H29NO3. The molecule has 1 aromatic carbocycles. The molecule has 0 saturated heterocycles. The van der Waals surface area contributed by atoms with Gasteiger partial charge in [-0.05, 0) is 46.6 Å². The lowest BCUT2D eigenvalue weighted by atomic mass is 10.1. The van der Waals surface area contributed by atoms with E-state index in [2.05, 4.69) is 0 Å². The molecule has 0 saturated carbocycles. The molecule has 1 aromatic rings. The third-order valence-electron chi connectivity index (χ3n) is 3.21. The van der Waals surface area contributed by atoms with Gasteiger partial charge in [0.25, 0.3) is 0 Å². The quantitative estimate of drug-likeness (QED) is 0.678. The lowest BCUT2D eigenvalue weighted by molar-refractivity contribution is -0.120. The molecule has 1 amide bonds. The monoisotopic (exact) mass is 331 g/mol. The number of hydrogen-bond acceptors (Lipinski definition) is 3. The van der Waals surface area contributed by atoms with Gasteiger partial charge in [-0.3, -0.25) is 9.69 Å². The Kier molecular flexibility index (Phi) is 7.69. The SMILES string of the molecule is CC(C)=CCCC(=O)CN(Cc1ccccc1)C(=O)OC(C)(C)C. The highest BCUT2D eigenvalue weighted by atomic mass is 16.6. The summed E-state index contributed by atoms with van der Waals surface area (Å²) in [5.74, 6) is 0.0364. The fourth-order valence-corrected chi connectivity index (χ4v) is 2.13. The predicted octanol–water partition coefficient (Wildman–Crippen LogP) is 4.74. The average molecular weight is 331 g/mol. The third-order valence-corrected chi connectivity index (χ3v) is 3.21. The molecule has 0 spiro atoms. The Hall–Kier alpha value is -2.10. The van der Waals surface area contributed by atoms with E-state index in [4.69, 9.17) is 4.74 Å². The van der Waals surface area contributed by atoms with Crippen molar-refractivity contribution in [2.24, 2.45) is 0 Å². The second-order valence-electron chi connectivity index (χ2n) is 7.18. The van der Waals surface area contributed by atoms with Crippen LogP contribution in [0.4, 0.5) is 4.79 Å². The van der Waals surface area contributed by atoms with Gasteiger partial charge in [-0.15, -0.1) is 0 Å². The molecule has 0 heterocycles. The molecule has 0 aliphatic rings. The number of benzene rings is 1. The van der Waals surface area contributed by atoms with Crippen molar-refractivity contribution in [1.29, 1.82) is 0 Å². The maximum absolute atomic E-state index is 12.4. The highest BCUT2D eigenvalue weighted by molar-refractivity contribution is 5.84. The normalized spacial score (nSPS) is 10.9. The first-order valence-corrected chi connectivity index (χ1v) is 8.34. The molecule has 24 heavy (non-hydrogen) atoms. The van der Waals surface area contributed by atoms with Crippen molar-refractivity contribution < 1.29 is 14.3 Å². The van der Waals surface area contributed by atoms with Gasteiger partial charge >= 0.3 is 6.09 Å². The van der Waals surface area contributed by atoms with E-state index in [0.717, 1.165) is 5.56 Å². The van der Waals surface area contributed by atoms with Crippen LogP contribution in [0.3, 0.4) is 0 Å². The molecule has 0 aromatic heterocycles. The zero-order chi connectivity index (χ0) is 18.2. The Labute approximate surface area is 145 Å². The van der Waals surface area contributed by atoms with Crippen LogP contribution in [0, 0.1) is 0 Å². The molecule has 0 aliphatic heterocycles. The second-order valence-corrected chi connectivity index (χ2v) is 7.18. The number of amides is 1. The molecule has 0 atom stereocenters. The average Bonchev–Trinajstić information content (AvgIpc) is 2.45. The van der Waals surface area contributed by atoms with Crippen molar-refractivity contribution in [3.05, 3.63) is 47.5 Å². The molecule has 0 aliphatic carbocycles. The van der Waals surface area contributed by atoms with Crippen LogP contribution in [-0.4, -0.2) is 28.9 Å². The summed E-state index contributed by atoms with van der Waals surface area (Å²) in [7, 11) is 0. The van der Waals surface area contributed by atoms with E-state index < -0.39 is 11.7 Å². The Morgan fingerprint density at radius 3 is 2.29 bits per heavy atom. The van der Waals surface area contributed by atoms with Crippen molar-refractivity contribution in [2.75, 3.05) is 6.54 Å². The summed E-state index contributed by atoms with van der Waals surface area (Å²) in [6.45, 7) is 9.91. The van der Waals surface area contributed by atoms with Gasteiger partial charge in [0.1, 0.15) is 5.60 Å². The van der Waals surface area contributed by atoms with Crippen LogP contribution in [0.2, 0.25) is 0 Å². The van der Waals surface area contributed by atoms with Crippen LogP contribution >= 0.6 is 0 Å². The second kappa shape index (κ2) is 9.26. The Bertz CT molecular complexity index is 566. The van der Waals surface area contributed by atoms with Crippen LogP contribution in [0.25, 0.3) is 0 Å². The fourth-order valence-electron chi connectivity index (χ4n) is 2.13. The van der Waals surface area contributed by atoms with E-state index in [9.17, 15) is 9.59 Å². The Balaban J connectivity index is 2.75. The number of ether oxygens (including phenoxy) is 1. The Morgan fingerprint density at radius 2 is 1.75 bits per heavy atom. The summed E-state index contributed by atoms with van der Waals surface area (Å²) in [6.07, 6.45) is 2.71. The molecule has 1 rings (SSSR count). The van der Waals surface area contributed by atoms with Gasteiger partial charge in [-0.25, -0.2) is 4.79 Å². The molecule has 4 heteroatoms. The summed E-state index contributed by atoms with van der Waals surface area (Å²) < 4.78 is 5.44. The van der Waals surface area contributed by atoms with E-state index in [1.165, 1.54) is 10.5 Å². The molecule has 0 fully saturated rings. The van der Waals surface area contributed by atoms with Crippen LogP contribution in [0.1, 0.15) is 53.0 Å². The summed E-state index contributed by atoms with van der Waals surface area (Å²) in [4.78, 5) is 26.1. The number of Topliss-reactive ketones (excluding diaryl/α,β-unsaturated/α-hetero) is 1. The van der Waals surface area contributed by atoms with Gasteiger partial charge in [0.2, 0.25) is 0 Å². The number of rotatable bonds is 7. The molecule has 0 bridgehead atoms. The van der Waals surface area contributed by atoms with Gasteiger partial charge in [0.15, 0.2) is 5.78 Å². The van der Waals surface area contributed by atoms with Crippen molar-refractivity contribution in [3.63, 3.8) is 0 Å². The van der Waals surface area contributed by atoms with Gasteiger partial charge in [-0.1, -0.05) is 42.0 Å². The summed E-state index contributed by atoms with van der Waals surface area (Å²) >= 11 is 0. The first-order valence-electron chi connectivity index (χ1n) is 8.34. The zero-order valence-corrected chi connectivity index (χ0v) is 15.5. The highest BCUT2D eigenvalue weighted by Crippen LogP contribution is 2.13. The topological polar surface area (TPSA) is 46.6 Å². The number of carbonyl (C=O) groups excluding carboxylic acids is 2. The van der Waals surface area contributed by atoms with Gasteiger partial charge in [0, 0.05) is 13.0 Å². The minimum Gasteiger partial charge on any atom is -0.444 e. The van der Waals surface area contributed by atoms with E-state index in [1.807, 2.05) is 71.0 Å². The maximum atomic E-state index is 12.4. The smallest absolute Gasteiger partial charge is 0.410 e. The summed E-state index contributed by atoms with van der Waals surface area (Å²) in [5.41, 5.74) is 1.58. The molecule has 0 N–H and O–H groups in total. The molecule has 4 nitrogen and oxygen atoms in total. The molecule has 132 valence electrons. The number of hydrogen-bond donors (Lipinski definition) is 0. The van der Waals surface area contributed by atoms with E-state index in [-0.39, 0.29) is 12.3 Å². The first kappa shape index (κ1) is 19.9. The van der Waals surface area contributed by atoms with E-state index in [1.54, 1.807) is 0 Å². The van der Waals surface area contributed by atoms with Crippen molar-refractivity contribution in [1.82, 2.24) is 4.90 Å².